The Balaban J connectivity index is 2.89. The van der Waals surface area contributed by atoms with Crippen molar-refractivity contribution >= 4 is 5.82 Å². The summed E-state index contributed by atoms with van der Waals surface area (Å²) in [6, 6.07) is 2.03. The molecular formula is C13H24N4. The van der Waals surface area contributed by atoms with Crippen molar-refractivity contribution in [3.8, 4) is 0 Å². The number of rotatable bonds is 6. The van der Waals surface area contributed by atoms with Gasteiger partial charge in [0.15, 0.2) is 0 Å². The van der Waals surface area contributed by atoms with E-state index < -0.39 is 0 Å². The molecule has 0 aliphatic carbocycles. The van der Waals surface area contributed by atoms with Crippen molar-refractivity contribution in [3.05, 3.63) is 17.6 Å². The maximum Gasteiger partial charge on any atom is 0.130 e. The van der Waals surface area contributed by atoms with Crippen LogP contribution in [0.2, 0.25) is 0 Å². The molecule has 0 aromatic carbocycles. The zero-order valence-electron chi connectivity index (χ0n) is 11.4. The monoisotopic (exact) mass is 236 g/mol. The van der Waals surface area contributed by atoms with Crippen LogP contribution in [0.15, 0.2) is 6.07 Å². The lowest BCUT2D eigenvalue weighted by atomic mass is 9.94. The molecule has 0 aliphatic heterocycles. The minimum atomic E-state index is 0.0144. The summed E-state index contributed by atoms with van der Waals surface area (Å²) in [5, 5.41) is 3.49. The molecule has 96 valence electrons. The number of hydrogen-bond acceptors (Lipinski definition) is 4. The average Bonchev–Trinajstić information content (AvgIpc) is 2.28. The Morgan fingerprint density at radius 3 is 2.59 bits per heavy atom. The molecule has 1 heterocycles. The normalized spacial score (nSPS) is 14.4. The molecule has 0 spiro atoms. The summed E-state index contributed by atoms with van der Waals surface area (Å²) in [5.41, 5.74) is 6.75. The van der Waals surface area contributed by atoms with E-state index in [0.29, 0.717) is 6.54 Å². The molecule has 0 saturated heterocycles. The summed E-state index contributed by atoms with van der Waals surface area (Å²) in [6.45, 7) is 9.06. The van der Waals surface area contributed by atoms with Crippen molar-refractivity contribution < 1.29 is 0 Å². The Hall–Kier alpha value is -1.16. The summed E-state index contributed by atoms with van der Waals surface area (Å²) in [6.07, 6.45) is 2.89. The quantitative estimate of drug-likeness (QED) is 0.795. The first-order chi connectivity index (χ1) is 8.03. The van der Waals surface area contributed by atoms with Gasteiger partial charge in [0.05, 0.1) is 0 Å². The van der Waals surface area contributed by atoms with E-state index in [0.717, 1.165) is 36.6 Å². The van der Waals surface area contributed by atoms with Gasteiger partial charge in [-0.15, -0.1) is 0 Å². The zero-order chi connectivity index (χ0) is 12.9. The van der Waals surface area contributed by atoms with Gasteiger partial charge < -0.3 is 11.1 Å². The molecule has 17 heavy (non-hydrogen) atoms. The second-order valence-electron chi connectivity index (χ2n) is 4.72. The first-order valence-corrected chi connectivity index (χ1v) is 6.35. The number of aryl methyl sites for hydroxylation is 2. The van der Waals surface area contributed by atoms with Crippen LogP contribution in [0, 0.1) is 6.92 Å². The van der Waals surface area contributed by atoms with Crippen LogP contribution < -0.4 is 11.1 Å². The largest absolute Gasteiger partial charge is 0.365 e. The molecule has 4 heteroatoms. The summed E-state index contributed by atoms with van der Waals surface area (Å²) in [5.74, 6) is 1.73. The number of hydrogen-bond donors (Lipinski definition) is 2. The Bertz CT molecular complexity index is 364. The van der Waals surface area contributed by atoms with Crippen LogP contribution >= 0.6 is 0 Å². The van der Waals surface area contributed by atoms with E-state index in [-0.39, 0.29) is 5.54 Å². The van der Waals surface area contributed by atoms with E-state index >= 15 is 0 Å². The minimum absolute atomic E-state index is 0.0144. The van der Waals surface area contributed by atoms with Gasteiger partial charge in [-0.2, -0.15) is 0 Å². The maximum atomic E-state index is 5.66. The van der Waals surface area contributed by atoms with Gasteiger partial charge in [0.25, 0.3) is 0 Å². The van der Waals surface area contributed by atoms with Gasteiger partial charge in [0.2, 0.25) is 0 Å². The Morgan fingerprint density at radius 2 is 2.06 bits per heavy atom. The molecule has 0 aliphatic rings. The van der Waals surface area contributed by atoms with Crippen molar-refractivity contribution in [1.82, 2.24) is 9.97 Å². The third kappa shape index (κ3) is 3.97. The van der Waals surface area contributed by atoms with Crippen LogP contribution in [-0.2, 0) is 6.42 Å². The van der Waals surface area contributed by atoms with Gasteiger partial charge in [0, 0.05) is 17.3 Å². The standard InChI is InChI=1S/C13H24N4/c1-5-11-9-12(16-10(3)15-11)17-13(4,6-2)7-8-14/h9H,5-8,14H2,1-4H3,(H,15,16,17). The van der Waals surface area contributed by atoms with Gasteiger partial charge >= 0.3 is 0 Å². The van der Waals surface area contributed by atoms with E-state index in [2.05, 4.69) is 36.1 Å². The van der Waals surface area contributed by atoms with E-state index in [4.69, 9.17) is 5.73 Å². The van der Waals surface area contributed by atoms with Crippen LogP contribution in [0.4, 0.5) is 5.82 Å². The SMILES string of the molecule is CCc1cc(NC(C)(CC)CCN)nc(C)n1. The van der Waals surface area contributed by atoms with E-state index in [1.54, 1.807) is 0 Å². The maximum absolute atomic E-state index is 5.66. The fourth-order valence-corrected chi connectivity index (χ4v) is 1.83. The number of nitrogens with two attached hydrogens (primary N) is 1. The van der Waals surface area contributed by atoms with E-state index in [9.17, 15) is 0 Å². The predicted octanol–water partition coefficient (Wildman–Crippen LogP) is 2.28. The molecule has 4 nitrogen and oxygen atoms in total. The van der Waals surface area contributed by atoms with Crippen molar-refractivity contribution in [2.75, 3.05) is 11.9 Å². The molecule has 0 radical (unpaired) electrons. The van der Waals surface area contributed by atoms with Gasteiger partial charge in [-0.3, -0.25) is 0 Å². The van der Waals surface area contributed by atoms with Crippen LogP contribution in [-0.4, -0.2) is 22.1 Å². The summed E-state index contributed by atoms with van der Waals surface area (Å²) < 4.78 is 0. The average molecular weight is 236 g/mol. The topological polar surface area (TPSA) is 63.8 Å². The predicted molar refractivity (Wildman–Crippen MR) is 72.1 cm³/mol. The number of nitrogens with zero attached hydrogens (tertiary/aromatic N) is 2. The van der Waals surface area contributed by atoms with Crippen LogP contribution in [0.5, 0.6) is 0 Å². The fourth-order valence-electron chi connectivity index (χ4n) is 1.83. The lowest BCUT2D eigenvalue weighted by Crippen LogP contribution is -2.36. The van der Waals surface area contributed by atoms with E-state index in [1.165, 1.54) is 0 Å². The van der Waals surface area contributed by atoms with Gasteiger partial charge in [-0.1, -0.05) is 13.8 Å². The Morgan fingerprint density at radius 1 is 1.35 bits per heavy atom. The first kappa shape index (κ1) is 13.9. The van der Waals surface area contributed by atoms with Crippen molar-refractivity contribution in [1.29, 1.82) is 0 Å². The zero-order valence-corrected chi connectivity index (χ0v) is 11.4. The van der Waals surface area contributed by atoms with Crippen molar-refractivity contribution in [2.45, 2.75) is 52.5 Å². The summed E-state index contributed by atoms with van der Waals surface area (Å²) in [4.78, 5) is 8.81. The highest BCUT2D eigenvalue weighted by Gasteiger charge is 2.21. The number of anilines is 1. The van der Waals surface area contributed by atoms with Gasteiger partial charge in [0.1, 0.15) is 11.6 Å². The van der Waals surface area contributed by atoms with Crippen LogP contribution in [0.25, 0.3) is 0 Å². The van der Waals surface area contributed by atoms with Crippen molar-refractivity contribution in [3.63, 3.8) is 0 Å². The number of aromatic nitrogens is 2. The molecule has 0 fully saturated rings. The molecule has 0 saturated carbocycles. The molecular weight excluding hydrogens is 212 g/mol. The highest BCUT2D eigenvalue weighted by molar-refractivity contribution is 5.39. The smallest absolute Gasteiger partial charge is 0.130 e. The molecule has 1 rings (SSSR count). The van der Waals surface area contributed by atoms with Gasteiger partial charge in [-0.05, 0) is 39.7 Å². The first-order valence-electron chi connectivity index (χ1n) is 6.35. The molecule has 1 aromatic rings. The Kier molecular flexibility index (Phi) is 4.87. The summed E-state index contributed by atoms with van der Waals surface area (Å²) >= 11 is 0. The van der Waals surface area contributed by atoms with E-state index in [1.807, 2.05) is 13.0 Å². The molecule has 1 aromatic heterocycles. The molecule has 3 N–H and O–H groups in total. The van der Waals surface area contributed by atoms with Crippen LogP contribution in [0.3, 0.4) is 0 Å². The second kappa shape index (κ2) is 5.96. The second-order valence-corrected chi connectivity index (χ2v) is 4.72. The third-order valence-electron chi connectivity index (χ3n) is 3.16. The minimum Gasteiger partial charge on any atom is -0.365 e. The fraction of sp³-hybridized carbons (Fsp3) is 0.692. The van der Waals surface area contributed by atoms with Gasteiger partial charge in [-0.25, -0.2) is 9.97 Å². The van der Waals surface area contributed by atoms with Crippen LogP contribution in [0.1, 0.15) is 45.1 Å². The van der Waals surface area contributed by atoms with Crippen molar-refractivity contribution in [2.24, 2.45) is 5.73 Å². The highest BCUT2D eigenvalue weighted by Crippen LogP contribution is 2.20. The third-order valence-corrected chi connectivity index (χ3v) is 3.16. The number of nitrogens with one attached hydrogen (secondary N) is 1. The molecule has 1 unspecified atom stereocenters. The lowest BCUT2D eigenvalue weighted by Gasteiger charge is -2.30. The lowest BCUT2D eigenvalue weighted by molar-refractivity contribution is 0.461. The molecule has 0 amide bonds. The molecule has 0 bridgehead atoms. The highest BCUT2D eigenvalue weighted by atomic mass is 15.1. The Labute approximate surface area is 104 Å². The molecule has 1 atom stereocenters. The summed E-state index contributed by atoms with van der Waals surface area (Å²) in [7, 11) is 0.